The third-order valence-corrected chi connectivity index (χ3v) is 4.62. The molecule has 135 valence electrons. The van der Waals surface area contributed by atoms with E-state index in [4.69, 9.17) is 0 Å². The molecule has 0 saturated heterocycles. The van der Waals surface area contributed by atoms with E-state index in [1.165, 1.54) is 11.6 Å². The fourth-order valence-corrected chi connectivity index (χ4v) is 2.84. The van der Waals surface area contributed by atoms with Crippen LogP contribution in [0.4, 0.5) is 4.39 Å². The maximum atomic E-state index is 13.9. The molecule has 3 aromatic rings. The Morgan fingerprint density at radius 1 is 0.679 bits per heavy atom. The van der Waals surface area contributed by atoms with Gasteiger partial charge in [-0.3, -0.25) is 0 Å². The van der Waals surface area contributed by atoms with Crippen LogP contribution in [0.25, 0.3) is 0 Å². The Morgan fingerprint density at radius 3 is 1.75 bits per heavy atom. The molecule has 0 aliphatic carbocycles. The van der Waals surface area contributed by atoms with Gasteiger partial charge in [0.1, 0.15) is 5.82 Å². The topological polar surface area (TPSA) is 0 Å². The third kappa shape index (κ3) is 4.73. The Labute approximate surface area is 168 Å². The monoisotopic (exact) mass is 363 g/mol. The zero-order valence-electron chi connectivity index (χ0n) is 16.7. The average Bonchev–Trinajstić information content (AvgIpc) is 2.68. The van der Waals surface area contributed by atoms with Crippen LogP contribution in [0.2, 0.25) is 6.82 Å². The van der Waals surface area contributed by atoms with Crippen LogP contribution in [0, 0.1) is 50.3 Å². The van der Waals surface area contributed by atoms with Crippen molar-refractivity contribution < 1.29 is 4.39 Å². The molecule has 1 radical (unpaired) electrons. The van der Waals surface area contributed by atoms with Crippen molar-refractivity contribution >= 4 is 12.7 Å². The van der Waals surface area contributed by atoms with E-state index in [0.29, 0.717) is 11.0 Å². The Hall–Kier alpha value is -3.23. The highest BCUT2D eigenvalue weighted by Gasteiger charge is 2.03. The quantitative estimate of drug-likeness (QED) is 0.425. The number of aryl methyl sites for hydroxylation is 3. The van der Waals surface area contributed by atoms with Gasteiger partial charge in [-0.1, -0.05) is 59.7 Å². The smallest absolute Gasteiger partial charge is 0.152 e. The van der Waals surface area contributed by atoms with Crippen LogP contribution in [-0.2, 0) is 0 Å². The molecule has 0 amide bonds. The van der Waals surface area contributed by atoms with Gasteiger partial charge in [-0.15, -0.1) is 0 Å². The fraction of sp³-hybridized carbons (Fsp3) is 0.154. The molecule has 3 aromatic carbocycles. The average molecular weight is 363 g/mol. The zero-order valence-corrected chi connectivity index (χ0v) is 16.7. The van der Waals surface area contributed by atoms with Gasteiger partial charge in [-0.05, 0) is 68.3 Å². The van der Waals surface area contributed by atoms with Gasteiger partial charge < -0.3 is 0 Å². The third-order valence-electron chi connectivity index (χ3n) is 4.62. The van der Waals surface area contributed by atoms with E-state index in [-0.39, 0.29) is 5.82 Å². The van der Waals surface area contributed by atoms with Crippen LogP contribution < -0.4 is 5.46 Å². The Kier molecular flexibility index (Phi) is 6.03. The molecule has 2 heteroatoms. The normalized spacial score (nSPS) is 9.75. The predicted molar refractivity (Wildman–Crippen MR) is 117 cm³/mol. The van der Waals surface area contributed by atoms with Gasteiger partial charge in [0.05, 0.1) is 0 Å². The first-order valence-corrected chi connectivity index (χ1v) is 9.27. The summed E-state index contributed by atoms with van der Waals surface area (Å²) in [7, 11) is 1.75. The molecule has 0 aliphatic rings. The van der Waals surface area contributed by atoms with Gasteiger partial charge in [0, 0.05) is 22.3 Å². The first kappa shape index (κ1) is 19.5. The molecule has 0 heterocycles. The molecule has 0 N–H and O–H groups in total. The summed E-state index contributed by atoms with van der Waals surface area (Å²) in [6.07, 6.45) is 0. The summed E-state index contributed by atoms with van der Waals surface area (Å²) in [6.45, 7) is 7.94. The van der Waals surface area contributed by atoms with E-state index in [1.54, 1.807) is 13.3 Å². The van der Waals surface area contributed by atoms with Crippen LogP contribution >= 0.6 is 0 Å². The number of halogens is 1. The Balaban J connectivity index is 1.87. The molecule has 0 atom stereocenters. The first-order chi connectivity index (χ1) is 13.5. The van der Waals surface area contributed by atoms with Gasteiger partial charge in [0.25, 0.3) is 0 Å². The molecule has 0 unspecified atom stereocenters. The van der Waals surface area contributed by atoms with Gasteiger partial charge in [-0.2, -0.15) is 0 Å². The van der Waals surface area contributed by atoms with Crippen molar-refractivity contribution in [1.29, 1.82) is 0 Å². The minimum absolute atomic E-state index is 0.246. The van der Waals surface area contributed by atoms with Crippen molar-refractivity contribution in [2.24, 2.45) is 0 Å². The summed E-state index contributed by atoms with van der Waals surface area (Å²) in [5.41, 5.74) is 7.56. The van der Waals surface area contributed by atoms with E-state index in [0.717, 1.165) is 27.8 Å². The minimum atomic E-state index is -0.246. The summed E-state index contributed by atoms with van der Waals surface area (Å²) in [4.78, 5) is 0. The van der Waals surface area contributed by atoms with E-state index < -0.39 is 0 Å². The highest BCUT2D eigenvalue weighted by Crippen LogP contribution is 2.15. The Morgan fingerprint density at radius 2 is 1.21 bits per heavy atom. The molecular weight excluding hydrogens is 342 g/mol. The van der Waals surface area contributed by atoms with E-state index in [9.17, 15) is 4.39 Å². The molecule has 0 aromatic heterocycles. The maximum absolute atomic E-state index is 13.9. The lowest BCUT2D eigenvalue weighted by Gasteiger charge is -2.04. The molecule has 0 aliphatic heterocycles. The zero-order chi connectivity index (χ0) is 20.1. The van der Waals surface area contributed by atoms with Crippen molar-refractivity contribution in [3.8, 4) is 23.7 Å². The summed E-state index contributed by atoms with van der Waals surface area (Å²) < 4.78 is 13.9. The second-order valence-corrected chi connectivity index (χ2v) is 6.87. The van der Waals surface area contributed by atoms with Crippen LogP contribution in [0.3, 0.4) is 0 Å². The van der Waals surface area contributed by atoms with Crippen molar-refractivity contribution in [2.75, 3.05) is 0 Å². The maximum Gasteiger partial charge on any atom is 0.152 e. The standard InChI is InChI=1S/C26H21BF/c1-18-5-7-21(8-6-18)9-12-23-15-20(3)24(16-19(23)2)13-10-22-11-14-25(27-4)26(28)17-22/h5-8,11,14-17H,1-4H3. The molecule has 28 heavy (non-hydrogen) atoms. The van der Waals surface area contributed by atoms with Crippen LogP contribution in [0.1, 0.15) is 38.9 Å². The van der Waals surface area contributed by atoms with Crippen LogP contribution in [0.5, 0.6) is 0 Å². The molecule has 0 saturated carbocycles. The number of rotatable bonds is 1. The highest BCUT2D eigenvalue weighted by molar-refractivity contribution is 6.52. The number of hydrogen-bond donors (Lipinski definition) is 0. The van der Waals surface area contributed by atoms with Crippen LogP contribution in [-0.4, -0.2) is 7.28 Å². The second kappa shape index (κ2) is 8.64. The fourth-order valence-electron chi connectivity index (χ4n) is 2.84. The lowest BCUT2D eigenvalue weighted by Crippen LogP contribution is -2.15. The second-order valence-electron chi connectivity index (χ2n) is 6.87. The van der Waals surface area contributed by atoms with Crippen LogP contribution in [0.15, 0.2) is 54.6 Å². The summed E-state index contributed by atoms with van der Waals surface area (Å²) in [5, 5.41) is 0. The predicted octanol–water partition coefficient (Wildman–Crippen LogP) is 4.93. The van der Waals surface area contributed by atoms with E-state index >= 15 is 0 Å². The first-order valence-electron chi connectivity index (χ1n) is 9.27. The van der Waals surface area contributed by atoms with E-state index in [2.05, 4.69) is 48.8 Å². The lowest BCUT2D eigenvalue weighted by molar-refractivity contribution is 0.635. The van der Waals surface area contributed by atoms with Crippen molar-refractivity contribution in [3.63, 3.8) is 0 Å². The largest absolute Gasteiger partial charge is 0.208 e. The van der Waals surface area contributed by atoms with Crippen molar-refractivity contribution in [1.82, 2.24) is 0 Å². The molecule has 0 bridgehead atoms. The van der Waals surface area contributed by atoms with Gasteiger partial charge in [0.15, 0.2) is 7.28 Å². The van der Waals surface area contributed by atoms with Crippen molar-refractivity contribution in [3.05, 3.63) is 99.4 Å². The molecular formula is C26H21BF. The molecule has 0 fully saturated rings. The molecule has 0 nitrogen and oxygen atoms in total. The van der Waals surface area contributed by atoms with Gasteiger partial charge in [-0.25, -0.2) is 4.39 Å². The van der Waals surface area contributed by atoms with E-state index in [1.807, 2.05) is 44.9 Å². The Bertz CT molecular complexity index is 1130. The lowest BCUT2D eigenvalue weighted by atomic mass is 9.73. The minimum Gasteiger partial charge on any atom is -0.208 e. The molecule has 3 rings (SSSR count). The van der Waals surface area contributed by atoms with Gasteiger partial charge in [0.2, 0.25) is 0 Å². The summed E-state index contributed by atoms with van der Waals surface area (Å²) in [6, 6.07) is 17.4. The summed E-state index contributed by atoms with van der Waals surface area (Å²) >= 11 is 0. The number of hydrogen-bond acceptors (Lipinski definition) is 0. The SMILES string of the molecule is C[B]c1ccc(C#Cc2cc(C)c(C#Cc3ccc(C)cc3)cc2C)cc1F. The number of benzene rings is 3. The summed E-state index contributed by atoms with van der Waals surface area (Å²) in [5.74, 6) is 12.5. The van der Waals surface area contributed by atoms with Gasteiger partial charge >= 0.3 is 0 Å². The molecule has 0 spiro atoms. The highest BCUT2D eigenvalue weighted by atomic mass is 19.1. The van der Waals surface area contributed by atoms with Crippen molar-refractivity contribution in [2.45, 2.75) is 27.6 Å².